The second kappa shape index (κ2) is 3.73. The van der Waals surface area contributed by atoms with Crippen molar-refractivity contribution in [1.29, 1.82) is 0 Å². The molecule has 2 heterocycles. The maximum atomic E-state index is 11.3. The molecular formula is C11H12N2O3S. The third kappa shape index (κ3) is 2.12. The standard InChI is InChI=1S/C11H12N2O3S/c14-17(15)6-9-10(7-17)16-11(13-9)12-8-4-2-1-3-5-8/h1-5,9-10H,6-7H2,(H,12,13). The van der Waals surface area contributed by atoms with Crippen molar-refractivity contribution >= 4 is 21.5 Å². The summed E-state index contributed by atoms with van der Waals surface area (Å²) in [6, 6.07) is 9.70. The van der Waals surface area contributed by atoms with Crippen LogP contribution in [-0.4, -0.2) is 38.1 Å². The molecule has 2 aliphatic heterocycles. The van der Waals surface area contributed by atoms with Gasteiger partial charge in [-0.15, -0.1) is 0 Å². The molecule has 0 aliphatic carbocycles. The average molecular weight is 252 g/mol. The van der Waals surface area contributed by atoms with Gasteiger partial charge in [0.2, 0.25) is 0 Å². The van der Waals surface area contributed by atoms with Crippen LogP contribution in [-0.2, 0) is 14.6 Å². The van der Waals surface area contributed by atoms with Crippen molar-refractivity contribution in [2.75, 3.05) is 16.8 Å². The third-order valence-electron chi connectivity index (χ3n) is 2.84. The number of aliphatic imine (C=N–C) groups is 1. The van der Waals surface area contributed by atoms with Gasteiger partial charge in [-0.1, -0.05) is 18.2 Å². The molecule has 17 heavy (non-hydrogen) atoms. The minimum Gasteiger partial charge on any atom is -0.458 e. The normalized spacial score (nSPS) is 29.3. The Hall–Kier alpha value is -1.56. The molecule has 1 aromatic rings. The molecule has 0 aromatic heterocycles. The number of hydrogen-bond acceptors (Lipinski definition) is 5. The van der Waals surface area contributed by atoms with E-state index in [1.807, 2.05) is 30.3 Å². The van der Waals surface area contributed by atoms with Crippen molar-refractivity contribution in [2.24, 2.45) is 4.99 Å². The molecule has 0 bridgehead atoms. The predicted molar refractivity (Wildman–Crippen MR) is 64.8 cm³/mol. The number of ether oxygens (including phenoxy) is 1. The molecule has 90 valence electrons. The summed E-state index contributed by atoms with van der Waals surface area (Å²) in [5, 5.41) is 3.03. The molecule has 6 heteroatoms. The van der Waals surface area contributed by atoms with Gasteiger partial charge in [-0.05, 0) is 12.1 Å². The molecule has 2 aliphatic rings. The van der Waals surface area contributed by atoms with Crippen LogP contribution in [0.15, 0.2) is 35.3 Å². The van der Waals surface area contributed by atoms with E-state index in [1.165, 1.54) is 0 Å². The highest BCUT2D eigenvalue weighted by Gasteiger charge is 2.43. The van der Waals surface area contributed by atoms with Gasteiger partial charge in [0, 0.05) is 5.69 Å². The van der Waals surface area contributed by atoms with Gasteiger partial charge < -0.3 is 10.1 Å². The van der Waals surface area contributed by atoms with E-state index < -0.39 is 9.84 Å². The van der Waals surface area contributed by atoms with Gasteiger partial charge >= 0.3 is 0 Å². The zero-order valence-corrected chi connectivity index (χ0v) is 9.85. The maximum Gasteiger partial charge on any atom is 0.290 e. The maximum absolute atomic E-state index is 11.3. The Labute approximate surface area is 99.4 Å². The van der Waals surface area contributed by atoms with Gasteiger partial charge in [-0.2, -0.15) is 0 Å². The number of para-hydroxylation sites is 1. The van der Waals surface area contributed by atoms with Crippen LogP contribution in [0.2, 0.25) is 0 Å². The summed E-state index contributed by atoms with van der Waals surface area (Å²) in [5.41, 5.74) is 0.883. The van der Waals surface area contributed by atoms with Crippen molar-refractivity contribution in [1.82, 2.24) is 0 Å². The number of amidine groups is 1. The topological polar surface area (TPSA) is 67.8 Å². The highest BCUT2D eigenvalue weighted by molar-refractivity contribution is 7.91. The van der Waals surface area contributed by atoms with Crippen LogP contribution in [0.5, 0.6) is 0 Å². The van der Waals surface area contributed by atoms with Gasteiger partial charge in [0.15, 0.2) is 9.84 Å². The first-order valence-corrected chi connectivity index (χ1v) is 7.21. The number of sulfone groups is 1. The first-order valence-electron chi connectivity index (χ1n) is 5.39. The first-order chi connectivity index (χ1) is 8.12. The molecule has 0 saturated carbocycles. The Morgan fingerprint density at radius 1 is 1.24 bits per heavy atom. The number of nitrogens with one attached hydrogen (secondary N) is 1. The number of benzene rings is 1. The lowest BCUT2D eigenvalue weighted by Gasteiger charge is -2.08. The fourth-order valence-electron chi connectivity index (χ4n) is 2.06. The van der Waals surface area contributed by atoms with Crippen molar-refractivity contribution in [3.8, 4) is 0 Å². The smallest absolute Gasteiger partial charge is 0.290 e. The lowest BCUT2D eigenvalue weighted by atomic mass is 10.2. The zero-order valence-electron chi connectivity index (χ0n) is 9.04. The Kier molecular flexibility index (Phi) is 2.32. The molecule has 1 fully saturated rings. The van der Waals surface area contributed by atoms with Crippen LogP contribution in [0.1, 0.15) is 0 Å². The molecule has 1 saturated heterocycles. The summed E-state index contributed by atoms with van der Waals surface area (Å²) in [4.78, 5) is 4.25. The SMILES string of the molecule is O=S1(=O)CC2N=C(Nc3ccccc3)OC2C1. The Balaban J connectivity index is 1.73. The van der Waals surface area contributed by atoms with E-state index in [2.05, 4.69) is 10.3 Å². The number of anilines is 1. The van der Waals surface area contributed by atoms with Gasteiger partial charge in [-0.25, -0.2) is 13.4 Å². The molecule has 1 N–H and O–H groups in total. The van der Waals surface area contributed by atoms with Crippen LogP contribution in [0.4, 0.5) is 5.69 Å². The van der Waals surface area contributed by atoms with Crippen molar-refractivity contribution in [3.63, 3.8) is 0 Å². The molecule has 0 amide bonds. The van der Waals surface area contributed by atoms with Crippen LogP contribution in [0.3, 0.4) is 0 Å². The Bertz CT molecular complexity index is 553. The summed E-state index contributed by atoms with van der Waals surface area (Å²) in [6.07, 6.45) is -0.314. The lowest BCUT2D eigenvalue weighted by Crippen LogP contribution is -2.22. The summed E-state index contributed by atoms with van der Waals surface area (Å²) in [5.74, 6) is 0.165. The minimum atomic E-state index is -2.96. The minimum absolute atomic E-state index is 0.0706. The van der Waals surface area contributed by atoms with Crippen LogP contribution < -0.4 is 5.32 Å². The molecule has 2 unspecified atom stereocenters. The molecule has 1 aromatic carbocycles. The van der Waals surface area contributed by atoms with Gasteiger partial charge in [-0.3, -0.25) is 0 Å². The Morgan fingerprint density at radius 3 is 2.71 bits per heavy atom. The summed E-state index contributed by atoms with van der Waals surface area (Å²) >= 11 is 0. The van der Waals surface area contributed by atoms with Crippen LogP contribution in [0, 0.1) is 0 Å². The summed E-state index contributed by atoms with van der Waals surface area (Å²) < 4.78 is 28.2. The largest absolute Gasteiger partial charge is 0.458 e. The second-order valence-electron chi connectivity index (χ2n) is 4.23. The van der Waals surface area contributed by atoms with E-state index in [9.17, 15) is 8.42 Å². The van der Waals surface area contributed by atoms with Crippen LogP contribution >= 0.6 is 0 Å². The monoisotopic (exact) mass is 252 g/mol. The third-order valence-corrected chi connectivity index (χ3v) is 4.53. The number of fused-ring (bicyclic) bond motifs is 1. The predicted octanol–water partition coefficient (Wildman–Crippen LogP) is 0.650. The van der Waals surface area contributed by atoms with Gasteiger partial charge in [0.25, 0.3) is 6.02 Å². The fraction of sp³-hybridized carbons (Fsp3) is 0.364. The first kappa shape index (κ1) is 10.6. The molecule has 5 nitrogen and oxygen atoms in total. The lowest BCUT2D eigenvalue weighted by molar-refractivity contribution is 0.230. The molecular weight excluding hydrogens is 240 g/mol. The van der Waals surface area contributed by atoms with Crippen molar-refractivity contribution in [3.05, 3.63) is 30.3 Å². The van der Waals surface area contributed by atoms with Gasteiger partial charge in [0.1, 0.15) is 12.1 Å². The summed E-state index contributed by atoms with van der Waals surface area (Å²) in [6.45, 7) is 0. The average Bonchev–Trinajstić information content (AvgIpc) is 2.72. The van der Waals surface area contributed by atoms with E-state index in [0.717, 1.165) is 5.69 Å². The fourth-order valence-corrected chi connectivity index (χ4v) is 3.80. The van der Waals surface area contributed by atoms with E-state index in [1.54, 1.807) is 0 Å². The number of rotatable bonds is 1. The van der Waals surface area contributed by atoms with E-state index >= 15 is 0 Å². The molecule has 3 rings (SSSR count). The zero-order chi connectivity index (χ0) is 11.9. The number of nitrogens with zero attached hydrogens (tertiary/aromatic N) is 1. The van der Waals surface area contributed by atoms with Crippen molar-refractivity contribution < 1.29 is 13.2 Å². The highest BCUT2D eigenvalue weighted by atomic mass is 32.2. The highest BCUT2D eigenvalue weighted by Crippen LogP contribution is 2.24. The summed E-state index contributed by atoms with van der Waals surface area (Å²) in [7, 11) is -2.96. The molecule has 2 atom stereocenters. The molecule has 0 radical (unpaired) electrons. The molecule has 0 spiro atoms. The van der Waals surface area contributed by atoms with E-state index in [0.29, 0.717) is 6.02 Å². The quantitative estimate of drug-likeness (QED) is 0.797. The van der Waals surface area contributed by atoms with Crippen LogP contribution in [0.25, 0.3) is 0 Å². The van der Waals surface area contributed by atoms with E-state index in [-0.39, 0.29) is 23.7 Å². The number of hydrogen-bond donors (Lipinski definition) is 1. The van der Waals surface area contributed by atoms with E-state index in [4.69, 9.17) is 4.74 Å². The Morgan fingerprint density at radius 2 is 2.00 bits per heavy atom. The second-order valence-corrected chi connectivity index (χ2v) is 6.38. The van der Waals surface area contributed by atoms with Crippen molar-refractivity contribution in [2.45, 2.75) is 12.1 Å². The van der Waals surface area contributed by atoms with Gasteiger partial charge in [0.05, 0.1) is 11.5 Å².